The maximum atomic E-state index is 9.84. The van der Waals surface area contributed by atoms with Crippen LogP contribution in [0.1, 0.15) is 0 Å². The smallest absolute Gasteiger partial charge is 0.448 e. The highest BCUT2D eigenvalue weighted by molar-refractivity contribution is 7.62. The maximum absolute atomic E-state index is 9.84. The van der Waals surface area contributed by atoms with E-state index in [-0.39, 0.29) is 0 Å². The molecule has 0 bridgehead atoms. The summed E-state index contributed by atoms with van der Waals surface area (Å²) in [6.45, 7) is 0. The minimum absolute atomic E-state index is 1.04. The van der Waals surface area contributed by atoms with Crippen molar-refractivity contribution in [2.75, 3.05) is 7.11 Å². The van der Waals surface area contributed by atoms with E-state index in [4.69, 9.17) is 0 Å². The van der Waals surface area contributed by atoms with E-state index in [2.05, 4.69) is 9.10 Å². The first-order valence-electron chi connectivity index (χ1n) is 1.56. The van der Waals surface area contributed by atoms with Crippen molar-refractivity contribution in [3.05, 3.63) is 0 Å². The van der Waals surface area contributed by atoms with Crippen LogP contribution in [0.5, 0.6) is 0 Å². The van der Waals surface area contributed by atoms with Crippen LogP contribution in [0.3, 0.4) is 0 Å². The highest BCUT2D eigenvalue weighted by atomic mass is 32.2. The van der Waals surface area contributed by atoms with Gasteiger partial charge in [0.2, 0.25) is 0 Å². The number of ether oxygens (including phenoxy) is 1. The van der Waals surface area contributed by atoms with Crippen LogP contribution in [-0.4, -0.2) is 21.6 Å². The van der Waals surface area contributed by atoms with Crippen LogP contribution in [0.2, 0.25) is 0 Å². The number of nitrogens with zero attached hydrogens (tertiary/aromatic N) is 1. The van der Waals surface area contributed by atoms with E-state index in [0.717, 1.165) is 7.11 Å². The lowest BCUT2D eigenvalue weighted by molar-refractivity contribution is 0.183. The highest BCUT2D eigenvalue weighted by Gasteiger charge is 1.91. The van der Waals surface area contributed by atoms with Crippen LogP contribution >= 0.6 is 0 Å². The number of carbonyl (C=O) groups is 1. The van der Waals surface area contributed by atoms with E-state index < -0.39 is 16.6 Å². The molecule has 0 spiro atoms. The summed E-state index contributed by atoms with van der Waals surface area (Å²) in [6.07, 6.45) is -1.11. The fraction of sp³-hybridized carbons (Fsp3) is 0.500. The van der Waals surface area contributed by atoms with Crippen molar-refractivity contribution in [1.29, 1.82) is 0 Å². The summed E-state index contributed by atoms with van der Waals surface area (Å²) in [5.41, 5.74) is 0. The van der Waals surface area contributed by atoms with Gasteiger partial charge in [-0.15, -0.1) is 0 Å². The van der Waals surface area contributed by atoms with Gasteiger partial charge >= 0.3 is 16.6 Å². The van der Waals surface area contributed by atoms with E-state index in [1.165, 1.54) is 0 Å². The van der Waals surface area contributed by atoms with Gasteiger partial charge in [0.15, 0.2) is 0 Å². The van der Waals surface area contributed by atoms with Crippen molar-refractivity contribution in [1.82, 2.24) is 0 Å². The number of methoxy groups -OCH3 is 1. The van der Waals surface area contributed by atoms with Crippen molar-refractivity contribution in [3.63, 3.8) is 0 Å². The molecule has 0 fully saturated rings. The number of hydrogen-bond donors (Lipinski definition) is 0. The lowest BCUT2D eigenvalue weighted by Gasteiger charge is -1.80. The minimum atomic E-state index is -2.70. The lowest BCUT2D eigenvalue weighted by atomic mass is 11.2. The molecule has 0 saturated carbocycles. The molecule has 5 nitrogen and oxygen atoms in total. The number of amides is 1. The van der Waals surface area contributed by atoms with Crippen LogP contribution in [0, 0.1) is 0 Å². The SMILES string of the molecule is COC(=O)N=S(=O)=O. The van der Waals surface area contributed by atoms with Gasteiger partial charge < -0.3 is 4.74 Å². The molecule has 0 heterocycles. The second-order valence-corrected chi connectivity index (χ2v) is 1.40. The Balaban J connectivity index is 4.12. The monoisotopic (exact) mass is 137 g/mol. The number of rotatable bonds is 0. The molecular weight excluding hydrogens is 134 g/mol. The molecule has 0 aliphatic heterocycles. The molecule has 8 heavy (non-hydrogen) atoms. The van der Waals surface area contributed by atoms with E-state index in [1.54, 1.807) is 0 Å². The summed E-state index contributed by atoms with van der Waals surface area (Å²) in [5, 5.41) is 0. The summed E-state index contributed by atoms with van der Waals surface area (Å²) in [4.78, 5) is 9.84. The summed E-state index contributed by atoms with van der Waals surface area (Å²) < 4.78 is 25.3. The standard InChI is InChI=1S/C2H3NO4S/c1-7-2(4)3-8(5)6/h1H3. The Morgan fingerprint density at radius 3 is 2.25 bits per heavy atom. The summed E-state index contributed by atoms with van der Waals surface area (Å²) in [7, 11) is -1.65. The Labute approximate surface area is 47.0 Å². The molecule has 0 aliphatic rings. The molecule has 6 heteroatoms. The van der Waals surface area contributed by atoms with Crippen LogP contribution in [0.25, 0.3) is 0 Å². The van der Waals surface area contributed by atoms with Crippen molar-refractivity contribution >= 4 is 16.6 Å². The van der Waals surface area contributed by atoms with Gasteiger partial charge in [0, 0.05) is 0 Å². The molecule has 0 atom stereocenters. The lowest BCUT2D eigenvalue weighted by Crippen LogP contribution is -1.89. The third kappa shape index (κ3) is 3.29. The molecule has 0 unspecified atom stereocenters. The van der Waals surface area contributed by atoms with Crippen LogP contribution in [0.15, 0.2) is 4.36 Å². The van der Waals surface area contributed by atoms with Crippen molar-refractivity contribution in [2.24, 2.45) is 4.36 Å². The zero-order chi connectivity index (χ0) is 6.57. The predicted molar refractivity (Wildman–Crippen MR) is 23.8 cm³/mol. The topological polar surface area (TPSA) is 72.8 Å². The molecule has 1 amide bonds. The fourth-order valence-electron chi connectivity index (χ4n) is 0.0981. The Bertz CT molecular complexity index is 194. The zero-order valence-electron chi connectivity index (χ0n) is 3.99. The third-order valence-electron chi connectivity index (χ3n) is 0.324. The molecule has 0 N–H and O–H groups in total. The van der Waals surface area contributed by atoms with Gasteiger partial charge in [0.25, 0.3) is 0 Å². The van der Waals surface area contributed by atoms with Gasteiger partial charge in [-0.05, 0) is 0 Å². The molecule has 0 aromatic rings. The molecular formula is C2H3NO4S. The van der Waals surface area contributed by atoms with Crippen LogP contribution < -0.4 is 0 Å². The Morgan fingerprint density at radius 2 is 2.12 bits per heavy atom. The van der Waals surface area contributed by atoms with E-state index in [1.807, 2.05) is 0 Å². The molecule has 0 saturated heterocycles. The third-order valence-corrected chi connectivity index (χ3v) is 0.622. The predicted octanol–water partition coefficient (Wildman–Crippen LogP) is -0.184. The van der Waals surface area contributed by atoms with Gasteiger partial charge in [-0.3, -0.25) is 0 Å². The second-order valence-electron chi connectivity index (χ2n) is 0.778. The summed E-state index contributed by atoms with van der Waals surface area (Å²) >= 11 is 0. The molecule has 0 aliphatic carbocycles. The molecule has 0 radical (unpaired) electrons. The van der Waals surface area contributed by atoms with E-state index in [9.17, 15) is 13.2 Å². The van der Waals surface area contributed by atoms with E-state index >= 15 is 0 Å². The van der Waals surface area contributed by atoms with Gasteiger partial charge in [0.05, 0.1) is 7.11 Å². The summed E-state index contributed by atoms with van der Waals surface area (Å²) in [5.74, 6) is 0. The largest absolute Gasteiger partial charge is 0.451 e. The van der Waals surface area contributed by atoms with Gasteiger partial charge in [-0.25, -0.2) is 4.79 Å². The summed E-state index contributed by atoms with van der Waals surface area (Å²) in [6, 6.07) is 0. The van der Waals surface area contributed by atoms with E-state index in [0.29, 0.717) is 0 Å². The molecule has 0 rings (SSSR count). The van der Waals surface area contributed by atoms with Gasteiger partial charge in [-0.1, -0.05) is 4.36 Å². The maximum Gasteiger partial charge on any atom is 0.448 e. The molecule has 46 valence electrons. The zero-order valence-corrected chi connectivity index (χ0v) is 4.80. The fourth-order valence-corrected chi connectivity index (χ4v) is 0.294. The van der Waals surface area contributed by atoms with Crippen molar-refractivity contribution in [3.8, 4) is 0 Å². The molecule has 0 aromatic carbocycles. The normalized spacial score (nSPS) is 7.62. The average Bonchev–Trinajstić information content (AvgIpc) is 1.65. The highest BCUT2D eigenvalue weighted by Crippen LogP contribution is 1.75. The quantitative estimate of drug-likeness (QED) is 0.464. The Morgan fingerprint density at radius 1 is 1.62 bits per heavy atom. The minimum Gasteiger partial charge on any atom is -0.451 e. The first kappa shape index (κ1) is 7.09. The average molecular weight is 137 g/mol. The second kappa shape index (κ2) is 3.14. The van der Waals surface area contributed by atoms with Crippen LogP contribution in [0.4, 0.5) is 4.79 Å². The Hall–Kier alpha value is -0.910. The van der Waals surface area contributed by atoms with Gasteiger partial charge in [0.1, 0.15) is 0 Å². The van der Waals surface area contributed by atoms with Gasteiger partial charge in [-0.2, -0.15) is 8.42 Å². The number of hydrogen-bond acceptors (Lipinski definition) is 4. The first-order valence-corrected chi connectivity index (χ1v) is 2.59. The van der Waals surface area contributed by atoms with Crippen molar-refractivity contribution < 1.29 is 17.9 Å². The Kier molecular flexibility index (Phi) is 2.78. The van der Waals surface area contributed by atoms with Crippen molar-refractivity contribution in [2.45, 2.75) is 0 Å². The molecule has 0 aromatic heterocycles. The number of carbonyl (C=O) groups excluding carboxylic acids is 1. The van der Waals surface area contributed by atoms with Crippen LogP contribution in [-0.2, 0) is 15.2 Å². The first-order chi connectivity index (χ1) is 3.66.